The van der Waals surface area contributed by atoms with Gasteiger partial charge in [0.1, 0.15) is 5.75 Å². The molecule has 0 saturated carbocycles. The Morgan fingerprint density at radius 1 is 1.14 bits per heavy atom. The van der Waals surface area contributed by atoms with E-state index in [2.05, 4.69) is 10.6 Å². The summed E-state index contributed by atoms with van der Waals surface area (Å²) in [4.78, 5) is 23.6. The summed E-state index contributed by atoms with van der Waals surface area (Å²) in [5.74, 6) is 0.579. The Kier molecular flexibility index (Phi) is 3.78. The zero-order chi connectivity index (χ0) is 15.5. The Labute approximate surface area is 128 Å². The van der Waals surface area contributed by atoms with Crippen LogP contribution in [0.15, 0.2) is 42.5 Å². The molecule has 2 N–H and O–H groups in total. The third-order valence-electron chi connectivity index (χ3n) is 3.61. The van der Waals surface area contributed by atoms with Crippen molar-refractivity contribution >= 4 is 23.2 Å². The zero-order valence-corrected chi connectivity index (χ0v) is 12.2. The van der Waals surface area contributed by atoms with Crippen LogP contribution in [0.25, 0.3) is 0 Å². The number of methoxy groups -OCH3 is 1. The summed E-state index contributed by atoms with van der Waals surface area (Å²) in [6, 6.07) is 12.5. The van der Waals surface area contributed by atoms with Crippen molar-refractivity contribution in [3.8, 4) is 5.75 Å². The number of aryl methyl sites for hydroxylation is 1. The minimum absolute atomic E-state index is 0.0166. The van der Waals surface area contributed by atoms with E-state index >= 15 is 0 Å². The van der Waals surface area contributed by atoms with Gasteiger partial charge in [-0.3, -0.25) is 9.59 Å². The molecule has 0 atom stereocenters. The predicted octanol–water partition coefficient (Wildman–Crippen LogP) is 2.83. The van der Waals surface area contributed by atoms with Gasteiger partial charge in [0.25, 0.3) is 5.91 Å². The first-order valence-corrected chi connectivity index (χ1v) is 7.04. The summed E-state index contributed by atoms with van der Waals surface area (Å²) in [7, 11) is 1.60. The molecule has 0 spiro atoms. The van der Waals surface area contributed by atoms with Gasteiger partial charge in [0.15, 0.2) is 0 Å². The van der Waals surface area contributed by atoms with Crippen LogP contribution in [0.1, 0.15) is 22.3 Å². The monoisotopic (exact) mass is 296 g/mol. The van der Waals surface area contributed by atoms with E-state index in [0.717, 1.165) is 17.0 Å². The van der Waals surface area contributed by atoms with Crippen molar-refractivity contribution < 1.29 is 14.3 Å². The van der Waals surface area contributed by atoms with E-state index < -0.39 is 0 Å². The van der Waals surface area contributed by atoms with Crippen LogP contribution in [-0.2, 0) is 11.2 Å². The van der Waals surface area contributed by atoms with Gasteiger partial charge in [0.2, 0.25) is 5.91 Å². The van der Waals surface area contributed by atoms with E-state index in [1.165, 1.54) is 0 Å². The minimum atomic E-state index is -0.176. The Bertz CT molecular complexity index is 723. The summed E-state index contributed by atoms with van der Waals surface area (Å²) in [5.41, 5.74) is 3.06. The Morgan fingerprint density at radius 2 is 1.91 bits per heavy atom. The molecule has 112 valence electrons. The van der Waals surface area contributed by atoms with Crippen molar-refractivity contribution in [2.75, 3.05) is 17.7 Å². The Morgan fingerprint density at radius 3 is 2.64 bits per heavy atom. The minimum Gasteiger partial charge on any atom is -0.497 e. The zero-order valence-electron chi connectivity index (χ0n) is 12.2. The van der Waals surface area contributed by atoms with Crippen molar-refractivity contribution in [3.05, 3.63) is 53.6 Å². The highest BCUT2D eigenvalue weighted by Crippen LogP contribution is 2.24. The number of amides is 2. The van der Waals surface area contributed by atoms with E-state index in [-0.39, 0.29) is 11.8 Å². The van der Waals surface area contributed by atoms with Gasteiger partial charge in [-0.2, -0.15) is 0 Å². The molecule has 3 rings (SSSR count). The van der Waals surface area contributed by atoms with Crippen LogP contribution in [-0.4, -0.2) is 18.9 Å². The highest BCUT2D eigenvalue weighted by atomic mass is 16.5. The second-order valence-corrected chi connectivity index (χ2v) is 5.10. The van der Waals surface area contributed by atoms with Crippen molar-refractivity contribution in [3.63, 3.8) is 0 Å². The van der Waals surface area contributed by atoms with Crippen LogP contribution in [0.4, 0.5) is 11.4 Å². The number of hydrogen-bond donors (Lipinski definition) is 2. The summed E-state index contributed by atoms with van der Waals surface area (Å²) >= 11 is 0. The molecule has 0 saturated heterocycles. The SMILES string of the molecule is COc1ccc(NC(=O)c2ccc3c(c2)CCC(=O)N3)cc1. The van der Waals surface area contributed by atoms with Crippen molar-refractivity contribution in [1.82, 2.24) is 0 Å². The van der Waals surface area contributed by atoms with Gasteiger partial charge >= 0.3 is 0 Å². The molecule has 5 nitrogen and oxygen atoms in total. The molecule has 22 heavy (non-hydrogen) atoms. The van der Waals surface area contributed by atoms with Crippen LogP contribution in [0.3, 0.4) is 0 Å². The normalized spacial score (nSPS) is 13.0. The molecule has 0 fully saturated rings. The van der Waals surface area contributed by atoms with Gasteiger partial charge in [0.05, 0.1) is 7.11 Å². The van der Waals surface area contributed by atoms with Gasteiger partial charge in [-0.1, -0.05) is 0 Å². The molecule has 5 heteroatoms. The lowest BCUT2D eigenvalue weighted by Gasteiger charge is -2.17. The van der Waals surface area contributed by atoms with Crippen LogP contribution in [0.2, 0.25) is 0 Å². The number of carbonyl (C=O) groups excluding carboxylic acids is 2. The first-order valence-electron chi connectivity index (χ1n) is 7.04. The average molecular weight is 296 g/mol. The van der Waals surface area contributed by atoms with Crippen LogP contribution < -0.4 is 15.4 Å². The Balaban J connectivity index is 1.76. The van der Waals surface area contributed by atoms with Gasteiger partial charge < -0.3 is 15.4 Å². The van der Waals surface area contributed by atoms with Gasteiger partial charge in [-0.25, -0.2) is 0 Å². The first kappa shape index (κ1) is 14.1. The molecule has 1 aliphatic rings. The van der Waals surface area contributed by atoms with E-state index in [0.29, 0.717) is 24.1 Å². The highest BCUT2D eigenvalue weighted by Gasteiger charge is 2.16. The first-order chi connectivity index (χ1) is 10.7. The molecule has 0 radical (unpaired) electrons. The van der Waals surface area contributed by atoms with Crippen LogP contribution in [0.5, 0.6) is 5.75 Å². The van der Waals surface area contributed by atoms with Gasteiger partial charge in [-0.15, -0.1) is 0 Å². The second kappa shape index (κ2) is 5.89. The Hall–Kier alpha value is -2.82. The quantitative estimate of drug-likeness (QED) is 0.915. The summed E-state index contributed by atoms with van der Waals surface area (Å²) < 4.78 is 5.08. The maximum Gasteiger partial charge on any atom is 0.255 e. The number of carbonyl (C=O) groups is 2. The number of rotatable bonds is 3. The largest absolute Gasteiger partial charge is 0.497 e. The van der Waals surface area contributed by atoms with Crippen molar-refractivity contribution in [2.45, 2.75) is 12.8 Å². The van der Waals surface area contributed by atoms with E-state index in [1.807, 2.05) is 6.07 Å². The van der Waals surface area contributed by atoms with E-state index in [4.69, 9.17) is 4.74 Å². The van der Waals surface area contributed by atoms with Crippen molar-refractivity contribution in [1.29, 1.82) is 0 Å². The number of anilines is 2. The van der Waals surface area contributed by atoms with E-state index in [9.17, 15) is 9.59 Å². The molecule has 0 aromatic heterocycles. The van der Waals surface area contributed by atoms with Gasteiger partial charge in [-0.05, 0) is 54.4 Å². The smallest absolute Gasteiger partial charge is 0.255 e. The van der Waals surface area contributed by atoms with Gasteiger partial charge in [0, 0.05) is 23.4 Å². The average Bonchev–Trinajstić information content (AvgIpc) is 2.55. The lowest BCUT2D eigenvalue weighted by molar-refractivity contribution is -0.116. The molecule has 0 bridgehead atoms. The maximum atomic E-state index is 12.3. The van der Waals surface area contributed by atoms with Crippen LogP contribution >= 0.6 is 0 Å². The lowest BCUT2D eigenvalue weighted by atomic mass is 10.00. The molecule has 2 aromatic rings. The highest BCUT2D eigenvalue weighted by molar-refractivity contribution is 6.05. The summed E-state index contributed by atoms with van der Waals surface area (Å²) in [6.07, 6.45) is 1.11. The molecule has 2 aromatic carbocycles. The fourth-order valence-electron chi connectivity index (χ4n) is 2.40. The van der Waals surface area contributed by atoms with E-state index in [1.54, 1.807) is 43.5 Å². The third kappa shape index (κ3) is 2.93. The maximum absolute atomic E-state index is 12.3. The van der Waals surface area contributed by atoms with Crippen molar-refractivity contribution in [2.24, 2.45) is 0 Å². The van der Waals surface area contributed by atoms with Crippen LogP contribution in [0, 0.1) is 0 Å². The molecule has 2 amide bonds. The third-order valence-corrected chi connectivity index (χ3v) is 3.61. The molecule has 1 heterocycles. The number of fused-ring (bicyclic) bond motifs is 1. The predicted molar refractivity (Wildman–Crippen MR) is 84.3 cm³/mol. The molecule has 1 aliphatic heterocycles. The number of ether oxygens (including phenoxy) is 1. The summed E-state index contributed by atoms with van der Waals surface area (Å²) in [6.45, 7) is 0. The number of hydrogen-bond acceptors (Lipinski definition) is 3. The number of benzene rings is 2. The molecular formula is C17H16N2O3. The molecule has 0 aliphatic carbocycles. The number of nitrogens with one attached hydrogen (secondary N) is 2. The lowest BCUT2D eigenvalue weighted by Crippen LogP contribution is -2.20. The fourth-order valence-corrected chi connectivity index (χ4v) is 2.40. The summed E-state index contributed by atoms with van der Waals surface area (Å²) in [5, 5.41) is 5.65. The molecule has 0 unspecified atom stereocenters. The fraction of sp³-hybridized carbons (Fsp3) is 0.176. The molecular weight excluding hydrogens is 280 g/mol. The second-order valence-electron chi connectivity index (χ2n) is 5.10. The topological polar surface area (TPSA) is 67.4 Å². The standard InChI is InChI=1S/C17H16N2O3/c1-22-14-6-4-13(5-7-14)18-17(21)12-2-8-15-11(10-12)3-9-16(20)19-15/h2,4-8,10H,3,9H2,1H3,(H,18,21)(H,19,20).